The minimum Gasteiger partial charge on any atom is -0.399 e. The van der Waals surface area contributed by atoms with Gasteiger partial charge in [0.1, 0.15) is 17.5 Å². The third-order valence-electron chi connectivity index (χ3n) is 3.78. The van der Waals surface area contributed by atoms with Crippen LogP contribution in [0.25, 0.3) is 0 Å². The summed E-state index contributed by atoms with van der Waals surface area (Å²) in [5.74, 6) is 0. The second kappa shape index (κ2) is 4.72. The van der Waals surface area contributed by atoms with E-state index < -0.39 is 30.2 Å². The number of hydrogen-bond acceptors (Lipinski definition) is 4. The Bertz CT molecular complexity index is 592. The molecule has 0 aliphatic carbocycles. The Hall–Kier alpha value is -1.59. The quantitative estimate of drug-likeness (QED) is 0.746. The molecule has 112 valence electrons. The van der Waals surface area contributed by atoms with Gasteiger partial charge < -0.3 is 9.31 Å². The number of aromatic nitrogens is 1. The molecule has 0 radical (unpaired) electrons. The van der Waals surface area contributed by atoms with Crippen LogP contribution in [0.4, 0.5) is 13.2 Å². The van der Waals surface area contributed by atoms with E-state index in [1.165, 1.54) is 6.07 Å². The van der Waals surface area contributed by atoms with Crippen molar-refractivity contribution in [2.24, 2.45) is 0 Å². The fourth-order valence-corrected chi connectivity index (χ4v) is 1.87. The third kappa shape index (κ3) is 2.89. The molecule has 8 heteroatoms. The van der Waals surface area contributed by atoms with E-state index in [0.29, 0.717) is 0 Å². The van der Waals surface area contributed by atoms with E-state index in [-0.39, 0.29) is 11.2 Å². The highest BCUT2D eigenvalue weighted by Gasteiger charge is 2.52. The van der Waals surface area contributed by atoms with Crippen LogP contribution >= 0.6 is 0 Å². The molecule has 0 saturated carbocycles. The molecule has 1 fully saturated rings. The molecule has 2 rings (SSSR count). The van der Waals surface area contributed by atoms with Crippen molar-refractivity contribution in [3.05, 3.63) is 23.5 Å². The van der Waals surface area contributed by atoms with Crippen LogP contribution in [0.5, 0.6) is 0 Å². The maximum atomic E-state index is 12.8. The second-order valence-electron chi connectivity index (χ2n) is 5.87. The van der Waals surface area contributed by atoms with Crippen molar-refractivity contribution in [2.45, 2.75) is 45.1 Å². The molecule has 1 aromatic rings. The fraction of sp³-hybridized carbons (Fsp3) is 0.538. The van der Waals surface area contributed by atoms with E-state index in [9.17, 15) is 13.2 Å². The van der Waals surface area contributed by atoms with Gasteiger partial charge >= 0.3 is 13.3 Å². The molecule has 1 aliphatic rings. The molecule has 0 aromatic carbocycles. The van der Waals surface area contributed by atoms with Gasteiger partial charge in [0.25, 0.3) is 0 Å². The van der Waals surface area contributed by atoms with Gasteiger partial charge in [-0.2, -0.15) is 18.4 Å². The molecule has 1 aliphatic heterocycles. The lowest BCUT2D eigenvalue weighted by atomic mass is 9.79. The predicted molar refractivity (Wildman–Crippen MR) is 69.7 cm³/mol. The summed E-state index contributed by atoms with van der Waals surface area (Å²) in [6, 6.07) is 3.72. The molecule has 0 N–H and O–H groups in total. The highest BCUT2D eigenvalue weighted by molar-refractivity contribution is 6.62. The Morgan fingerprint density at radius 1 is 1.14 bits per heavy atom. The maximum absolute atomic E-state index is 12.8. The summed E-state index contributed by atoms with van der Waals surface area (Å²) >= 11 is 0. The number of alkyl halides is 3. The van der Waals surface area contributed by atoms with E-state index in [1.807, 2.05) is 0 Å². The van der Waals surface area contributed by atoms with Gasteiger partial charge in [0.2, 0.25) is 0 Å². The van der Waals surface area contributed by atoms with Crippen LogP contribution in [0.2, 0.25) is 0 Å². The third-order valence-corrected chi connectivity index (χ3v) is 3.78. The number of nitrogens with zero attached hydrogens (tertiary/aromatic N) is 2. The molecule has 0 atom stereocenters. The van der Waals surface area contributed by atoms with Crippen molar-refractivity contribution >= 4 is 12.6 Å². The van der Waals surface area contributed by atoms with Gasteiger partial charge in [-0.15, -0.1) is 0 Å². The van der Waals surface area contributed by atoms with Crippen molar-refractivity contribution in [3.63, 3.8) is 0 Å². The van der Waals surface area contributed by atoms with Crippen LogP contribution in [-0.4, -0.2) is 23.3 Å². The van der Waals surface area contributed by atoms with Crippen LogP contribution in [0, 0.1) is 11.3 Å². The zero-order valence-electron chi connectivity index (χ0n) is 12.1. The normalized spacial score (nSPS) is 20.4. The summed E-state index contributed by atoms with van der Waals surface area (Å²) in [4.78, 5) is 3.27. The molecule has 1 aromatic heterocycles. The van der Waals surface area contributed by atoms with Gasteiger partial charge in [-0.05, 0) is 45.3 Å². The SMILES string of the molecule is CC1(C)OB(c2cc(C#N)nc(C(F)(F)F)c2)OC1(C)C. The standard InChI is InChI=1S/C13H14BF3N2O2/c1-11(2)12(3,4)21-14(20-11)8-5-9(7-18)19-10(6-8)13(15,16)17/h5-6H,1-4H3. The summed E-state index contributed by atoms with van der Waals surface area (Å²) in [6.07, 6.45) is -4.63. The fourth-order valence-electron chi connectivity index (χ4n) is 1.87. The molecule has 0 unspecified atom stereocenters. The molecule has 21 heavy (non-hydrogen) atoms. The van der Waals surface area contributed by atoms with E-state index in [1.54, 1.807) is 33.8 Å². The van der Waals surface area contributed by atoms with Crippen LogP contribution in [0.1, 0.15) is 39.1 Å². The van der Waals surface area contributed by atoms with Gasteiger partial charge in [0.15, 0.2) is 0 Å². The lowest BCUT2D eigenvalue weighted by Crippen LogP contribution is -2.41. The first kappa shape index (κ1) is 15.8. The molecular formula is C13H14BF3N2O2. The molecule has 0 spiro atoms. The van der Waals surface area contributed by atoms with Gasteiger partial charge in [-0.3, -0.25) is 0 Å². The molecule has 4 nitrogen and oxygen atoms in total. The van der Waals surface area contributed by atoms with E-state index in [0.717, 1.165) is 6.07 Å². The molecule has 2 heterocycles. The number of rotatable bonds is 1. The van der Waals surface area contributed by atoms with E-state index >= 15 is 0 Å². The Morgan fingerprint density at radius 2 is 1.67 bits per heavy atom. The average molecular weight is 298 g/mol. The Balaban J connectivity index is 2.45. The summed E-state index contributed by atoms with van der Waals surface area (Å²) in [5, 5.41) is 8.84. The lowest BCUT2D eigenvalue weighted by Gasteiger charge is -2.32. The zero-order valence-corrected chi connectivity index (χ0v) is 12.1. The summed E-state index contributed by atoms with van der Waals surface area (Å²) in [7, 11) is -0.966. The summed E-state index contributed by atoms with van der Waals surface area (Å²) < 4.78 is 49.8. The Labute approximate surface area is 121 Å². The van der Waals surface area contributed by atoms with Crippen LogP contribution < -0.4 is 5.46 Å². The zero-order chi connectivity index (χ0) is 16.1. The highest BCUT2D eigenvalue weighted by Crippen LogP contribution is 2.37. The van der Waals surface area contributed by atoms with Crippen LogP contribution in [0.15, 0.2) is 12.1 Å². The van der Waals surface area contributed by atoms with E-state index in [4.69, 9.17) is 14.6 Å². The van der Waals surface area contributed by atoms with Gasteiger partial charge in [0, 0.05) is 0 Å². The maximum Gasteiger partial charge on any atom is 0.495 e. The molecule has 1 saturated heterocycles. The summed E-state index contributed by atoms with van der Waals surface area (Å²) in [6.45, 7) is 7.18. The minimum absolute atomic E-state index is 0.132. The van der Waals surface area contributed by atoms with Crippen molar-refractivity contribution < 1.29 is 22.5 Å². The first-order valence-corrected chi connectivity index (χ1v) is 6.31. The van der Waals surface area contributed by atoms with Crippen molar-refractivity contribution in [1.82, 2.24) is 4.98 Å². The van der Waals surface area contributed by atoms with Gasteiger partial charge in [0.05, 0.1) is 11.2 Å². The smallest absolute Gasteiger partial charge is 0.399 e. The largest absolute Gasteiger partial charge is 0.495 e. The highest BCUT2D eigenvalue weighted by atomic mass is 19.4. The molecule has 0 bridgehead atoms. The first-order chi connectivity index (χ1) is 9.46. The molecular weight excluding hydrogens is 284 g/mol. The van der Waals surface area contributed by atoms with Crippen molar-refractivity contribution in [1.29, 1.82) is 5.26 Å². The van der Waals surface area contributed by atoms with Gasteiger partial charge in [-0.25, -0.2) is 4.98 Å². The Kier molecular flexibility index (Phi) is 3.55. The Morgan fingerprint density at radius 3 is 2.10 bits per heavy atom. The summed E-state index contributed by atoms with van der Waals surface area (Å²) in [5.41, 5.74) is -2.67. The number of halogens is 3. The molecule has 0 amide bonds. The minimum atomic E-state index is -4.63. The van der Waals surface area contributed by atoms with Crippen molar-refractivity contribution in [3.8, 4) is 6.07 Å². The van der Waals surface area contributed by atoms with Gasteiger partial charge in [-0.1, -0.05) is 0 Å². The number of hydrogen-bond donors (Lipinski definition) is 0. The van der Waals surface area contributed by atoms with E-state index in [2.05, 4.69) is 4.98 Å². The average Bonchev–Trinajstić information content (AvgIpc) is 2.57. The van der Waals surface area contributed by atoms with Crippen LogP contribution in [0.3, 0.4) is 0 Å². The second-order valence-corrected chi connectivity index (χ2v) is 5.87. The van der Waals surface area contributed by atoms with Crippen LogP contribution in [-0.2, 0) is 15.5 Å². The van der Waals surface area contributed by atoms with Crippen molar-refractivity contribution in [2.75, 3.05) is 0 Å². The monoisotopic (exact) mass is 298 g/mol. The number of pyridine rings is 1. The lowest BCUT2D eigenvalue weighted by molar-refractivity contribution is -0.141. The topological polar surface area (TPSA) is 55.1 Å². The predicted octanol–water partition coefficient (Wildman–Crippen LogP) is 2.27. The first-order valence-electron chi connectivity index (χ1n) is 6.31. The number of nitriles is 1.